The predicted molar refractivity (Wildman–Crippen MR) is 85.6 cm³/mol. The third-order valence-corrected chi connectivity index (χ3v) is 3.63. The largest absolute Gasteiger partial charge is 0.423 e. The molecule has 3 rings (SSSR count). The summed E-state index contributed by atoms with van der Waals surface area (Å²) < 4.78 is 6.85. The molecule has 0 N–H and O–H groups in total. The zero-order valence-corrected chi connectivity index (χ0v) is 13.3. The molecule has 0 saturated heterocycles. The highest BCUT2D eigenvalue weighted by atomic mass is 79.9. The normalized spacial score (nSPS) is 11.0. The summed E-state index contributed by atoms with van der Waals surface area (Å²) in [5.74, 6) is 1.09. The first kappa shape index (κ1) is 13.9. The van der Waals surface area contributed by atoms with Crippen LogP contribution in [0.3, 0.4) is 0 Å². The Kier molecular flexibility index (Phi) is 3.84. The molecule has 5 heteroatoms. The van der Waals surface area contributed by atoms with E-state index in [9.17, 15) is 0 Å². The van der Waals surface area contributed by atoms with Crippen molar-refractivity contribution in [2.24, 2.45) is 0 Å². The summed E-state index contributed by atoms with van der Waals surface area (Å²) in [4.78, 5) is 4.39. The molecule has 0 bridgehead atoms. The van der Waals surface area contributed by atoms with Crippen LogP contribution in [0.15, 0.2) is 46.9 Å². The Balaban J connectivity index is 1.98. The molecule has 0 saturated carbocycles. The highest BCUT2D eigenvalue weighted by Gasteiger charge is 2.11. The minimum Gasteiger partial charge on any atom is -0.423 e. The third-order valence-electron chi connectivity index (χ3n) is 3.14. The fraction of sp³-hybridized carbons (Fsp3) is 0.188. The lowest BCUT2D eigenvalue weighted by molar-refractivity contribution is 0.429. The number of para-hydroxylation sites is 1. The van der Waals surface area contributed by atoms with Gasteiger partial charge in [-0.1, -0.05) is 47.0 Å². The van der Waals surface area contributed by atoms with Gasteiger partial charge >= 0.3 is 6.01 Å². The van der Waals surface area contributed by atoms with Crippen molar-refractivity contribution in [3.63, 3.8) is 0 Å². The zero-order chi connectivity index (χ0) is 14.8. The molecular weight excluding hydrogens is 330 g/mol. The van der Waals surface area contributed by atoms with E-state index in [4.69, 9.17) is 4.74 Å². The average molecular weight is 344 g/mol. The van der Waals surface area contributed by atoms with Gasteiger partial charge < -0.3 is 4.74 Å². The summed E-state index contributed by atoms with van der Waals surface area (Å²) in [6.45, 7) is 4.24. The second-order valence-corrected chi connectivity index (χ2v) is 5.94. The molecule has 0 aliphatic heterocycles. The molecular formula is C16H14BrN3O. The molecule has 0 aliphatic rings. The number of hydrogen-bond donors (Lipinski definition) is 0. The van der Waals surface area contributed by atoms with Crippen molar-refractivity contribution in [2.45, 2.75) is 19.8 Å². The number of ether oxygens (including phenoxy) is 1. The van der Waals surface area contributed by atoms with Crippen LogP contribution in [0.5, 0.6) is 11.8 Å². The van der Waals surface area contributed by atoms with Crippen LogP contribution >= 0.6 is 15.9 Å². The van der Waals surface area contributed by atoms with Crippen molar-refractivity contribution < 1.29 is 4.74 Å². The van der Waals surface area contributed by atoms with E-state index in [0.29, 0.717) is 5.92 Å². The predicted octanol–water partition coefficient (Wildman–Crippen LogP) is 4.70. The van der Waals surface area contributed by atoms with Gasteiger partial charge in [0.15, 0.2) is 0 Å². The lowest BCUT2D eigenvalue weighted by Crippen LogP contribution is -1.99. The van der Waals surface area contributed by atoms with Crippen LogP contribution < -0.4 is 4.74 Å². The van der Waals surface area contributed by atoms with Crippen molar-refractivity contribution in [3.05, 3.63) is 52.5 Å². The van der Waals surface area contributed by atoms with E-state index in [-0.39, 0.29) is 6.01 Å². The van der Waals surface area contributed by atoms with Gasteiger partial charge in [0.1, 0.15) is 11.3 Å². The first-order valence-electron chi connectivity index (χ1n) is 6.70. The molecule has 21 heavy (non-hydrogen) atoms. The Labute approximate surface area is 131 Å². The molecule has 3 aromatic rings. The summed E-state index contributed by atoms with van der Waals surface area (Å²) >= 11 is 3.48. The minimum absolute atomic E-state index is 0.262. The number of fused-ring (bicyclic) bond motifs is 1. The Morgan fingerprint density at radius 3 is 2.52 bits per heavy atom. The number of benzene rings is 2. The Morgan fingerprint density at radius 2 is 1.76 bits per heavy atom. The topological polar surface area (TPSA) is 47.9 Å². The molecule has 0 unspecified atom stereocenters. The van der Waals surface area contributed by atoms with E-state index in [0.717, 1.165) is 26.8 Å². The number of rotatable bonds is 3. The van der Waals surface area contributed by atoms with Gasteiger partial charge in [-0.05, 0) is 41.8 Å². The fourth-order valence-corrected chi connectivity index (χ4v) is 2.45. The summed E-state index contributed by atoms with van der Waals surface area (Å²) in [5.41, 5.74) is 2.62. The molecule has 4 nitrogen and oxygen atoms in total. The second-order valence-electron chi connectivity index (χ2n) is 5.02. The summed E-state index contributed by atoms with van der Waals surface area (Å²) in [6.07, 6.45) is 0. The highest BCUT2D eigenvalue weighted by molar-refractivity contribution is 9.10. The molecule has 0 amide bonds. The number of halogens is 1. The van der Waals surface area contributed by atoms with Crippen LogP contribution in [0.1, 0.15) is 25.3 Å². The maximum atomic E-state index is 5.83. The van der Waals surface area contributed by atoms with E-state index in [1.54, 1.807) is 0 Å². The number of aromatic nitrogens is 3. The van der Waals surface area contributed by atoms with Crippen molar-refractivity contribution in [1.29, 1.82) is 0 Å². The Hall–Kier alpha value is -2.01. The second kappa shape index (κ2) is 5.77. The molecule has 1 heterocycles. The Morgan fingerprint density at radius 1 is 1.00 bits per heavy atom. The van der Waals surface area contributed by atoms with Crippen LogP contribution in [0.2, 0.25) is 0 Å². The van der Waals surface area contributed by atoms with Crippen LogP contribution in [0, 0.1) is 0 Å². The summed E-state index contributed by atoms with van der Waals surface area (Å²) in [7, 11) is 0. The molecule has 106 valence electrons. The maximum Gasteiger partial charge on any atom is 0.341 e. The number of hydrogen-bond acceptors (Lipinski definition) is 4. The van der Waals surface area contributed by atoms with E-state index in [1.165, 1.54) is 0 Å². The van der Waals surface area contributed by atoms with Crippen LogP contribution in [0.4, 0.5) is 0 Å². The van der Waals surface area contributed by atoms with Crippen LogP contribution in [0.25, 0.3) is 11.0 Å². The maximum absolute atomic E-state index is 5.83. The van der Waals surface area contributed by atoms with Crippen molar-refractivity contribution in [1.82, 2.24) is 15.2 Å². The van der Waals surface area contributed by atoms with Gasteiger partial charge in [-0.2, -0.15) is 4.98 Å². The summed E-state index contributed by atoms with van der Waals surface area (Å²) in [5, 5.41) is 8.15. The zero-order valence-electron chi connectivity index (χ0n) is 11.7. The van der Waals surface area contributed by atoms with E-state index < -0.39 is 0 Å². The van der Waals surface area contributed by atoms with Crippen molar-refractivity contribution in [2.75, 3.05) is 0 Å². The first-order chi connectivity index (χ1) is 10.1. The molecule has 0 atom stereocenters. The van der Waals surface area contributed by atoms with Gasteiger partial charge in [0, 0.05) is 4.47 Å². The monoisotopic (exact) mass is 343 g/mol. The van der Waals surface area contributed by atoms with E-state index >= 15 is 0 Å². The SMILES string of the molecule is CC(C)c1cc(Br)ccc1Oc1nnc2ccccc2n1. The molecule has 0 aliphatic carbocycles. The van der Waals surface area contributed by atoms with Gasteiger partial charge in [0.05, 0.1) is 5.52 Å². The Bertz CT molecular complexity index is 789. The van der Waals surface area contributed by atoms with E-state index in [2.05, 4.69) is 51.0 Å². The standard InChI is InChI=1S/C16H14BrN3O/c1-10(2)12-9-11(17)7-8-15(12)21-16-18-13-5-3-4-6-14(13)19-20-16/h3-10H,1-2H3. The molecule has 1 aromatic heterocycles. The molecule has 2 aromatic carbocycles. The number of nitrogens with zero attached hydrogens (tertiary/aromatic N) is 3. The van der Waals surface area contributed by atoms with Gasteiger partial charge in [-0.3, -0.25) is 0 Å². The molecule has 0 spiro atoms. The van der Waals surface area contributed by atoms with Crippen molar-refractivity contribution in [3.8, 4) is 11.8 Å². The average Bonchev–Trinajstić information content (AvgIpc) is 2.49. The third kappa shape index (κ3) is 3.03. The van der Waals surface area contributed by atoms with E-state index in [1.807, 2.05) is 36.4 Å². The summed E-state index contributed by atoms with van der Waals surface area (Å²) in [6, 6.07) is 13.8. The smallest absolute Gasteiger partial charge is 0.341 e. The van der Waals surface area contributed by atoms with Gasteiger partial charge in [-0.25, -0.2) is 0 Å². The lowest BCUT2D eigenvalue weighted by Gasteiger charge is -2.13. The molecule has 0 radical (unpaired) electrons. The lowest BCUT2D eigenvalue weighted by atomic mass is 10.0. The van der Waals surface area contributed by atoms with Gasteiger partial charge in [0.2, 0.25) is 0 Å². The highest BCUT2D eigenvalue weighted by Crippen LogP contribution is 2.31. The van der Waals surface area contributed by atoms with Crippen LogP contribution in [-0.4, -0.2) is 15.2 Å². The van der Waals surface area contributed by atoms with Crippen molar-refractivity contribution >= 4 is 27.0 Å². The van der Waals surface area contributed by atoms with Crippen LogP contribution in [-0.2, 0) is 0 Å². The fourth-order valence-electron chi connectivity index (χ4n) is 2.07. The molecule has 0 fully saturated rings. The minimum atomic E-state index is 0.262. The first-order valence-corrected chi connectivity index (χ1v) is 7.49. The van der Waals surface area contributed by atoms with Gasteiger partial charge in [0.25, 0.3) is 0 Å². The quantitative estimate of drug-likeness (QED) is 0.691. The van der Waals surface area contributed by atoms with Gasteiger partial charge in [-0.15, -0.1) is 5.10 Å².